The van der Waals surface area contributed by atoms with Crippen LogP contribution < -0.4 is 5.32 Å². The van der Waals surface area contributed by atoms with Crippen LogP contribution in [0.5, 0.6) is 0 Å². The zero-order chi connectivity index (χ0) is 14.9. The van der Waals surface area contributed by atoms with Gasteiger partial charge in [-0.25, -0.2) is 0 Å². The van der Waals surface area contributed by atoms with Crippen molar-refractivity contribution in [3.05, 3.63) is 29.6 Å². The molecule has 1 fully saturated rings. The van der Waals surface area contributed by atoms with E-state index in [4.69, 9.17) is 9.47 Å². The van der Waals surface area contributed by atoms with Crippen LogP contribution in [-0.2, 0) is 22.4 Å². The van der Waals surface area contributed by atoms with E-state index in [0.717, 1.165) is 31.6 Å². The molecule has 21 heavy (non-hydrogen) atoms. The lowest BCUT2D eigenvalue weighted by Crippen LogP contribution is -2.31. The fraction of sp³-hybridized carbons (Fsp3) is 0.688. The van der Waals surface area contributed by atoms with Crippen LogP contribution >= 0.6 is 0 Å². The minimum absolute atomic E-state index is 0.214. The van der Waals surface area contributed by atoms with Crippen molar-refractivity contribution in [2.24, 2.45) is 0 Å². The summed E-state index contributed by atoms with van der Waals surface area (Å²) in [6.45, 7) is 5.06. The fourth-order valence-electron chi connectivity index (χ4n) is 2.48. The van der Waals surface area contributed by atoms with Crippen molar-refractivity contribution in [1.29, 1.82) is 0 Å². The van der Waals surface area contributed by atoms with Crippen LogP contribution in [0.15, 0.2) is 18.3 Å². The maximum absolute atomic E-state index is 9.88. The normalized spacial score (nSPS) is 19.8. The van der Waals surface area contributed by atoms with Crippen molar-refractivity contribution < 1.29 is 14.6 Å². The van der Waals surface area contributed by atoms with Crippen LogP contribution in [0.25, 0.3) is 0 Å². The number of hydrogen-bond donors (Lipinski definition) is 2. The second-order valence-corrected chi connectivity index (χ2v) is 5.42. The SMILES string of the molecule is CCc1cccnc1CNCC(O)COCC1CCCO1. The molecule has 2 unspecified atom stereocenters. The van der Waals surface area contributed by atoms with Gasteiger partial charge < -0.3 is 19.9 Å². The van der Waals surface area contributed by atoms with E-state index in [2.05, 4.69) is 23.3 Å². The smallest absolute Gasteiger partial charge is 0.0897 e. The lowest BCUT2D eigenvalue weighted by Gasteiger charge is -2.15. The van der Waals surface area contributed by atoms with Gasteiger partial charge in [-0.05, 0) is 30.9 Å². The second kappa shape index (κ2) is 9.10. The highest BCUT2D eigenvalue weighted by molar-refractivity contribution is 5.19. The Kier molecular flexibility index (Phi) is 7.09. The summed E-state index contributed by atoms with van der Waals surface area (Å²) < 4.78 is 11.0. The number of aliphatic hydroxyl groups is 1. The van der Waals surface area contributed by atoms with E-state index < -0.39 is 6.10 Å². The maximum atomic E-state index is 9.88. The molecular formula is C16H26N2O3. The molecule has 2 rings (SSSR count). The minimum atomic E-state index is -0.500. The Balaban J connectivity index is 1.59. The average molecular weight is 294 g/mol. The number of nitrogens with zero attached hydrogens (tertiary/aromatic N) is 1. The third-order valence-electron chi connectivity index (χ3n) is 3.68. The summed E-state index contributed by atoms with van der Waals surface area (Å²) >= 11 is 0. The van der Waals surface area contributed by atoms with Crippen molar-refractivity contribution in [3.63, 3.8) is 0 Å². The third-order valence-corrected chi connectivity index (χ3v) is 3.68. The Labute approximate surface area is 126 Å². The number of hydrogen-bond acceptors (Lipinski definition) is 5. The molecule has 0 amide bonds. The summed E-state index contributed by atoms with van der Waals surface area (Å²) in [5.41, 5.74) is 2.29. The molecule has 0 saturated carbocycles. The van der Waals surface area contributed by atoms with Crippen LogP contribution in [0, 0.1) is 0 Å². The van der Waals surface area contributed by atoms with Gasteiger partial charge in [0.15, 0.2) is 0 Å². The summed E-state index contributed by atoms with van der Waals surface area (Å²) in [6.07, 6.45) is 4.66. The molecule has 1 saturated heterocycles. The van der Waals surface area contributed by atoms with Gasteiger partial charge in [-0.15, -0.1) is 0 Å². The van der Waals surface area contributed by atoms with Gasteiger partial charge in [-0.3, -0.25) is 4.98 Å². The van der Waals surface area contributed by atoms with E-state index in [-0.39, 0.29) is 6.10 Å². The topological polar surface area (TPSA) is 63.6 Å². The fourth-order valence-corrected chi connectivity index (χ4v) is 2.48. The van der Waals surface area contributed by atoms with Gasteiger partial charge >= 0.3 is 0 Å². The first-order chi connectivity index (χ1) is 10.3. The molecule has 2 heterocycles. The molecule has 118 valence electrons. The summed E-state index contributed by atoms with van der Waals surface area (Å²) in [6, 6.07) is 4.04. The summed E-state index contributed by atoms with van der Waals surface area (Å²) in [5.74, 6) is 0. The van der Waals surface area contributed by atoms with Gasteiger partial charge in [-0.1, -0.05) is 13.0 Å². The summed E-state index contributed by atoms with van der Waals surface area (Å²) in [4.78, 5) is 4.37. The van der Waals surface area contributed by atoms with E-state index in [0.29, 0.717) is 26.3 Å². The minimum Gasteiger partial charge on any atom is -0.389 e. The summed E-state index contributed by atoms with van der Waals surface area (Å²) in [5, 5.41) is 13.1. The molecule has 0 bridgehead atoms. The van der Waals surface area contributed by atoms with Crippen LogP contribution in [0.2, 0.25) is 0 Å². The van der Waals surface area contributed by atoms with Crippen LogP contribution in [0.1, 0.15) is 31.0 Å². The first-order valence-electron chi connectivity index (χ1n) is 7.80. The third kappa shape index (κ3) is 5.71. The predicted molar refractivity (Wildman–Crippen MR) is 81.1 cm³/mol. The molecule has 5 nitrogen and oxygen atoms in total. The number of pyridine rings is 1. The molecule has 0 spiro atoms. The molecule has 0 aromatic carbocycles. The molecule has 1 aliphatic rings. The molecule has 1 aliphatic heterocycles. The Bertz CT molecular complexity index is 408. The Hall–Kier alpha value is -1.01. The van der Waals surface area contributed by atoms with Gasteiger partial charge in [0, 0.05) is 25.9 Å². The largest absolute Gasteiger partial charge is 0.389 e. The number of aryl methyl sites for hydroxylation is 1. The summed E-state index contributed by atoms with van der Waals surface area (Å²) in [7, 11) is 0. The van der Waals surface area contributed by atoms with Crippen molar-refractivity contribution in [2.45, 2.75) is 44.9 Å². The van der Waals surface area contributed by atoms with Crippen molar-refractivity contribution in [3.8, 4) is 0 Å². The molecule has 0 radical (unpaired) electrons. The van der Waals surface area contributed by atoms with E-state index in [1.165, 1.54) is 5.56 Å². The molecule has 2 atom stereocenters. The van der Waals surface area contributed by atoms with Crippen LogP contribution in [0.3, 0.4) is 0 Å². The number of ether oxygens (including phenoxy) is 2. The predicted octanol–water partition coefficient (Wildman–Crippen LogP) is 1.29. The van der Waals surface area contributed by atoms with Crippen molar-refractivity contribution in [2.75, 3.05) is 26.4 Å². The first-order valence-corrected chi connectivity index (χ1v) is 7.80. The lowest BCUT2D eigenvalue weighted by molar-refractivity contribution is -0.0164. The highest BCUT2D eigenvalue weighted by atomic mass is 16.5. The Morgan fingerprint density at radius 2 is 2.48 bits per heavy atom. The molecule has 1 aromatic heterocycles. The van der Waals surface area contributed by atoms with Crippen LogP contribution in [0.4, 0.5) is 0 Å². The van der Waals surface area contributed by atoms with Gasteiger partial charge in [0.25, 0.3) is 0 Å². The quantitative estimate of drug-likeness (QED) is 0.718. The Morgan fingerprint density at radius 3 is 3.24 bits per heavy atom. The molecule has 5 heteroatoms. The number of rotatable bonds is 9. The molecule has 1 aromatic rings. The van der Waals surface area contributed by atoms with Gasteiger partial charge in [0.2, 0.25) is 0 Å². The van der Waals surface area contributed by atoms with E-state index in [1.54, 1.807) is 6.20 Å². The van der Waals surface area contributed by atoms with Gasteiger partial charge in [0.1, 0.15) is 0 Å². The van der Waals surface area contributed by atoms with E-state index >= 15 is 0 Å². The van der Waals surface area contributed by atoms with Crippen LogP contribution in [-0.4, -0.2) is 48.7 Å². The zero-order valence-corrected chi connectivity index (χ0v) is 12.8. The van der Waals surface area contributed by atoms with Gasteiger partial charge in [-0.2, -0.15) is 0 Å². The van der Waals surface area contributed by atoms with Crippen molar-refractivity contribution >= 4 is 0 Å². The van der Waals surface area contributed by atoms with Crippen molar-refractivity contribution in [1.82, 2.24) is 10.3 Å². The second-order valence-electron chi connectivity index (χ2n) is 5.42. The standard InChI is InChI=1S/C16H26N2O3/c1-2-13-5-3-7-18-16(13)10-17-9-14(19)11-20-12-15-6-4-8-21-15/h3,5,7,14-15,17,19H,2,4,6,8-12H2,1H3. The lowest BCUT2D eigenvalue weighted by atomic mass is 10.1. The Morgan fingerprint density at radius 1 is 1.57 bits per heavy atom. The van der Waals surface area contributed by atoms with E-state index in [1.807, 2.05) is 6.07 Å². The molecular weight excluding hydrogens is 268 g/mol. The number of aromatic nitrogens is 1. The first kappa shape index (κ1) is 16.4. The van der Waals surface area contributed by atoms with Gasteiger partial charge in [0.05, 0.1) is 31.1 Å². The molecule has 0 aliphatic carbocycles. The number of nitrogens with one attached hydrogen (secondary N) is 1. The van der Waals surface area contributed by atoms with E-state index in [9.17, 15) is 5.11 Å². The highest BCUT2D eigenvalue weighted by Gasteiger charge is 2.16. The molecule has 2 N–H and O–H groups in total. The highest BCUT2D eigenvalue weighted by Crippen LogP contribution is 2.12. The average Bonchev–Trinajstić information content (AvgIpc) is 3.01. The zero-order valence-electron chi connectivity index (χ0n) is 12.8. The monoisotopic (exact) mass is 294 g/mol. The number of aliphatic hydroxyl groups excluding tert-OH is 1. The maximum Gasteiger partial charge on any atom is 0.0897 e.